The fourth-order valence-corrected chi connectivity index (χ4v) is 2.42. The summed E-state index contributed by atoms with van der Waals surface area (Å²) in [4.78, 5) is 0. The molecule has 0 aliphatic rings. The maximum absolute atomic E-state index is 11.6. The number of rotatable bonds is 8. The van der Waals surface area contributed by atoms with Crippen LogP contribution in [0.1, 0.15) is 46.0 Å². The first-order valence-corrected chi connectivity index (χ1v) is 7.01. The first-order chi connectivity index (χ1) is 7.08. The van der Waals surface area contributed by atoms with E-state index in [1.54, 1.807) is 0 Å². The van der Waals surface area contributed by atoms with Gasteiger partial charge in [-0.15, -0.1) is 0 Å². The number of sulfonamides is 1. The Morgan fingerprint density at radius 3 is 2.33 bits per heavy atom. The van der Waals surface area contributed by atoms with Crippen LogP contribution in [-0.2, 0) is 10.0 Å². The zero-order chi connectivity index (χ0) is 11.7. The van der Waals surface area contributed by atoms with Gasteiger partial charge in [0.25, 0.3) is 0 Å². The average Bonchev–Trinajstić information content (AvgIpc) is 2.19. The molecule has 0 saturated carbocycles. The number of hydrogen-bond acceptors (Lipinski definition) is 3. The minimum absolute atomic E-state index is 0.425. The average molecular weight is 232 g/mol. The molecule has 0 amide bonds. The predicted molar refractivity (Wildman–Crippen MR) is 60.8 cm³/mol. The zero-order valence-electron chi connectivity index (χ0n) is 9.49. The normalized spacial score (nSPS) is 13.4. The Bertz CT molecular complexity index is 293. The molecule has 0 aromatic rings. The van der Waals surface area contributed by atoms with Crippen molar-refractivity contribution < 1.29 is 8.42 Å². The number of nitrogens with zero attached hydrogens (tertiary/aromatic N) is 1. The lowest BCUT2D eigenvalue weighted by Crippen LogP contribution is -2.34. The lowest BCUT2D eigenvalue weighted by molar-refractivity contribution is 0.563. The van der Waals surface area contributed by atoms with Crippen molar-refractivity contribution in [2.24, 2.45) is 0 Å². The van der Waals surface area contributed by atoms with E-state index in [9.17, 15) is 8.42 Å². The Kier molecular flexibility index (Phi) is 7.35. The summed E-state index contributed by atoms with van der Waals surface area (Å²) in [6, 6.07) is 1.85. The maximum Gasteiger partial charge on any atom is 0.227 e. The molecule has 0 radical (unpaired) electrons. The highest BCUT2D eigenvalue weighted by Crippen LogP contribution is 2.08. The van der Waals surface area contributed by atoms with E-state index >= 15 is 0 Å². The SMILES string of the molecule is CCCCNS(=O)(=O)C(C#N)CCCC. The van der Waals surface area contributed by atoms with E-state index in [1.807, 2.05) is 19.9 Å². The molecule has 1 unspecified atom stereocenters. The Balaban J connectivity index is 4.21. The monoisotopic (exact) mass is 232 g/mol. The van der Waals surface area contributed by atoms with E-state index in [0.29, 0.717) is 13.0 Å². The standard InChI is InChI=1S/C10H20N2O2S/c1-3-5-7-10(9-11)15(13,14)12-8-6-4-2/h10,12H,3-8H2,1-2H3. The number of nitrogens with one attached hydrogen (secondary N) is 1. The van der Waals surface area contributed by atoms with Crippen LogP contribution in [0.3, 0.4) is 0 Å². The van der Waals surface area contributed by atoms with Crippen molar-refractivity contribution in [3.8, 4) is 6.07 Å². The van der Waals surface area contributed by atoms with Gasteiger partial charge < -0.3 is 0 Å². The topological polar surface area (TPSA) is 70.0 Å². The van der Waals surface area contributed by atoms with Gasteiger partial charge in [-0.3, -0.25) is 0 Å². The van der Waals surface area contributed by atoms with Crippen LogP contribution < -0.4 is 4.72 Å². The van der Waals surface area contributed by atoms with Crippen LogP contribution in [0.2, 0.25) is 0 Å². The second-order valence-electron chi connectivity index (χ2n) is 3.55. The quantitative estimate of drug-likeness (QED) is 0.649. The van der Waals surface area contributed by atoms with Gasteiger partial charge in [0.05, 0.1) is 6.07 Å². The smallest absolute Gasteiger partial charge is 0.214 e. The van der Waals surface area contributed by atoms with E-state index in [0.717, 1.165) is 25.7 Å². The molecule has 0 fully saturated rings. The second-order valence-corrected chi connectivity index (χ2v) is 5.50. The third-order valence-corrected chi connectivity index (χ3v) is 3.87. The highest BCUT2D eigenvalue weighted by atomic mass is 32.2. The minimum atomic E-state index is -3.43. The molecule has 15 heavy (non-hydrogen) atoms. The van der Waals surface area contributed by atoms with E-state index in [1.165, 1.54) is 0 Å². The van der Waals surface area contributed by atoms with Crippen LogP contribution in [0, 0.1) is 11.3 Å². The van der Waals surface area contributed by atoms with E-state index in [2.05, 4.69) is 4.72 Å². The molecule has 1 N–H and O–H groups in total. The summed E-state index contributed by atoms with van der Waals surface area (Å²) in [6.07, 6.45) is 3.85. The highest BCUT2D eigenvalue weighted by Gasteiger charge is 2.23. The summed E-state index contributed by atoms with van der Waals surface area (Å²) in [5, 5.41) is 7.88. The molecule has 88 valence electrons. The number of hydrogen-bond donors (Lipinski definition) is 1. The number of unbranched alkanes of at least 4 members (excludes halogenated alkanes) is 2. The summed E-state index contributed by atoms with van der Waals surface area (Å²) < 4.78 is 25.7. The van der Waals surface area contributed by atoms with Gasteiger partial charge in [0, 0.05) is 6.54 Å². The van der Waals surface area contributed by atoms with Crippen LogP contribution >= 0.6 is 0 Å². The van der Waals surface area contributed by atoms with Crippen molar-refractivity contribution in [2.45, 2.75) is 51.2 Å². The van der Waals surface area contributed by atoms with Gasteiger partial charge in [-0.05, 0) is 12.8 Å². The highest BCUT2D eigenvalue weighted by molar-refractivity contribution is 7.90. The van der Waals surface area contributed by atoms with Crippen LogP contribution in [0.25, 0.3) is 0 Å². The Labute approximate surface area is 92.7 Å². The van der Waals surface area contributed by atoms with Crippen LogP contribution in [0.15, 0.2) is 0 Å². The molecule has 1 atom stereocenters. The molecule has 0 aliphatic heterocycles. The van der Waals surface area contributed by atoms with Crippen LogP contribution in [0.5, 0.6) is 0 Å². The van der Waals surface area contributed by atoms with Gasteiger partial charge in [-0.1, -0.05) is 33.1 Å². The summed E-state index contributed by atoms with van der Waals surface area (Å²) in [7, 11) is -3.43. The van der Waals surface area contributed by atoms with E-state index in [-0.39, 0.29) is 0 Å². The fraction of sp³-hybridized carbons (Fsp3) is 0.900. The lowest BCUT2D eigenvalue weighted by atomic mass is 10.2. The summed E-state index contributed by atoms with van der Waals surface area (Å²) in [5.41, 5.74) is 0. The van der Waals surface area contributed by atoms with Gasteiger partial charge in [-0.2, -0.15) is 5.26 Å². The minimum Gasteiger partial charge on any atom is -0.214 e. The number of nitriles is 1. The van der Waals surface area contributed by atoms with Crippen LogP contribution in [0.4, 0.5) is 0 Å². The molecule has 0 rings (SSSR count). The molecule has 0 saturated heterocycles. The maximum atomic E-state index is 11.6. The first kappa shape index (κ1) is 14.4. The van der Waals surface area contributed by atoms with Gasteiger partial charge in [0.15, 0.2) is 5.25 Å². The summed E-state index contributed by atoms with van der Waals surface area (Å²) >= 11 is 0. The molecule has 0 spiro atoms. The molecule has 0 heterocycles. The van der Waals surface area contributed by atoms with Gasteiger partial charge >= 0.3 is 0 Å². The molecule has 0 bridgehead atoms. The van der Waals surface area contributed by atoms with Crippen LogP contribution in [-0.4, -0.2) is 20.2 Å². The second kappa shape index (κ2) is 7.66. The third kappa shape index (κ3) is 5.75. The van der Waals surface area contributed by atoms with E-state index in [4.69, 9.17) is 5.26 Å². The fourth-order valence-electron chi connectivity index (χ4n) is 1.17. The van der Waals surface area contributed by atoms with E-state index < -0.39 is 15.3 Å². The molecular weight excluding hydrogens is 212 g/mol. The summed E-state index contributed by atoms with van der Waals surface area (Å²) in [6.45, 7) is 4.40. The molecule has 0 aromatic heterocycles. The van der Waals surface area contributed by atoms with Crippen molar-refractivity contribution in [3.05, 3.63) is 0 Å². The van der Waals surface area contributed by atoms with Gasteiger partial charge in [-0.25, -0.2) is 13.1 Å². The zero-order valence-corrected chi connectivity index (χ0v) is 10.3. The van der Waals surface area contributed by atoms with Crippen molar-refractivity contribution in [1.29, 1.82) is 5.26 Å². The Morgan fingerprint density at radius 2 is 1.87 bits per heavy atom. The Hall–Kier alpha value is -0.600. The molecule has 0 aromatic carbocycles. The van der Waals surface area contributed by atoms with Gasteiger partial charge in [0.2, 0.25) is 10.0 Å². The van der Waals surface area contributed by atoms with Crippen molar-refractivity contribution >= 4 is 10.0 Å². The summed E-state index contributed by atoms with van der Waals surface area (Å²) in [5.74, 6) is 0. The largest absolute Gasteiger partial charge is 0.227 e. The molecule has 4 nitrogen and oxygen atoms in total. The molecule has 0 aliphatic carbocycles. The molecule has 5 heteroatoms. The Morgan fingerprint density at radius 1 is 1.27 bits per heavy atom. The van der Waals surface area contributed by atoms with Crippen molar-refractivity contribution in [3.63, 3.8) is 0 Å². The molecular formula is C10H20N2O2S. The first-order valence-electron chi connectivity index (χ1n) is 5.46. The lowest BCUT2D eigenvalue weighted by Gasteiger charge is -2.10. The van der Waals surface area contributed by atoms with Crippen molar-refractivity contribution in [2.75, 3.05) is 6.54 Å². The third-order valence-electron chi connectivity index (χ3n) is 2.17. The van der Waals surface area contributed by atoms with Crippen molar-refractivity contribution in [1.82, 2.24) is 4.72 Å². The predicted octanol–water partition coefficient (Wildman–Crippen LogP) is 1.79. The van der Waals surface area contributed by atoms with Gasteiger partial charge in [0.1, 0.15) is 0 Å².